The first-order valence-electron chi connectivity index (χ1n) is 6.28. The predicted octanol–water partition coefficient (Wildman–Crippen LogP) is 2.37. The van der Waals surface area contributed by atoms with Crippen molar-refractivity contribution in [3.05, 3.63) is 23.7 Å². The zero-order valence-corrected chi connectivity index (χ0v) is 9.71. The molecule has 1 saturated carbocycles. The molecule has 16 heavy (non-hydrogen) atoms. The molecule has 0 aromatic carbocycles. The lowest BCUT2D eigenvalue weighted by molar-refractivity contribution is 0.380. The summed E-state index contributed by atoms with van der Waals surface area (Å²) in [6, 6.07) is 0. The van der Waals surface area contributed by atoms with Crippen molar-refractivity contribution < 1.29 is 0 Å². The Bertz CT molecular complexity index is 388. The lowest BCUT2D eigenvalue weighted by Gasteiger charge is -2.35. The molecule has 3 nitrogen and oxygen atoms in total. The minimum Gasteiger partial charge on any atom is -0.382 e. The number of hydrogen-bond acceptors (Lipinski definition) is 3. The lowest BCUT2D eigenvalue weighted by atomic mass is 9.98. The highest BCUT2D eigenvalue weighted by molar-refractivity contribution is 5.97. The summed E-state index contributed by atoms with van der Waals surface area (Å²) >= 11 is 0. The Morgan fingerprint density at radius 3 is 2.81 bits per heavy atom. The van der Waals surface area contributed by atoms with E-state index in [0.29, 0.717) is 5.84 Å². The Labute approximate surface area is 96.7 Å². The van der Waals surface area contributed by atoms with Gasteiger partial charge in [0.1, 0.15) is 5.84 Å². The average Bonchev–Trinajstić information content (AvgIpc) is 3.08. The van der Waals surface area contributed by atoms with Crippen molar-refractivity contribution in [3.63, 3.8) is 0 Å². The van der Waals surface area contributed by atoms with Crippen LogP contribution in [0.15, 0.2) is 28.7 Å². The monoisotopic (exact) mass is 217 g/mol. The van der Waals surface area contributed by atoms with Crippen molar-refractivity contribution in [1.29, 1.82) is 0 Å². The summed E-state index contributed by atoms with van der Waals surface area (Å²) in [7, 11) is 0. The summed E-state index contributed by atoms with van der Waals surface area (Å²) in [5.74, 6) is 1.49. The van der Waals surface area contributed by atoms with E-state index in [0.717, 1.165) is 31.0 Å². The second-order valence-electron chi connectivity index (χ2n) is 5.10. The van der Waals surface area contributed by atoms with Gasteiger partial charge in [0.05, 0.1) is 11.4 Å². The molecule has 0 spiro atoms. The number of nitrogens with two attached hydrogens (primary N) is 1. The Kier molecular flexibility index (Phi) is 2.27. The molecule has 0 aromatic heterocycles. The summed E-state index contributed by atoms with van der Waals surface area (Å²) < 4.78 is 0. The van der Waals surface area contributed by atoms with Crippen molar-refractivity contribution in [3.8, 4) is 0 Å². The van der Waals surface area contributed by atoms with Gasteiger partial charge in [0.15, 0.2) is 0 Å². The van der Waals surface area contributed by atoms with Crippen molar-refractivity contribution in [2.75, 3.05) is 6.54 Å². The van der Waals surface area contributed by atoms with E-state index in [-0.39, 0.29) is 0 Å². The molecular weight excluding hydrogens is 198 g/mol. The first kappa shape index (κ1) is 9.94. The molecule has 0 amide bonds. The van der Waals surface area contributed by atoms with Crippen molar-refractivity contribution in [1.82, 2.24) is 4.90 Å². The van der Waals surface area contributed by atoms with Gasteiger partial charge in [-0.1, -0.05) is 6.58 Å². The average molecular weight is 217 g/mol. The molecule has 1 aliphatic heterocycles. The van der Waals surface area contributed by atoms with Crippen LogP contribution in [0, 0.1) is 5.92 Å². The number of aliphatic imine (C=N–C) groups is 1. The van der Waals surface area contributed by atoms with E-state index in [4.69, 9.17) is 5.73 Å². The van der Waals surface area contributed by atoms with Gasteiger partial charge in [-0.3, -0.25) is 0 Å². The van der Waals surface area contributed by atoms with Crippen LogP contribution in [-0.2, 0) is 0 Å². The third-order valence-corrected chi connectivity index (χ3v) is 3.75. The van der Waals surface area contributed by atoms with Crippen LogP contribution in [0.25, 0.3) is 0 Å². The van der Waals surface area contributed by atoms with Gasteiger partial charge in [0.25, 0.3) is 0 Å². The summed E-state index contributed by atoms with van der Waals surface area (Å²) in [5, 5.41) is 0. The van der Waals surface area contributed by atoms with E-state index in [2.05, 4.69) is 16.5 Å². The highest BCUT2D eigenvalue weighted by atomic mass is 15.2. The quantitative estimate of drug-likeness (QED) is 0.771. The topological polar surface area (TPSA) is 41.6 Å². The van der Waals surface area contributed by atoms with Crippen LogP contribution in [-0.4, -0.2) is 17.3 Å². The molecule has 86 valence electrons. The molecular formula is C13H19N3. The Balaban J connectivity index is 1.91. The van der Waals surface area contributed by atoms with Crippen LogP contribution in [0.3, 0.4) is 0 Å². The predicted molar refractivity (Wildman–Crippen MR) is 65.7 cm³/mol. The molecule has 0 atom stereocenters. The van der Waals surface area contributed by atoms with E-state index in [1.165, 1.54) is 37.1 Å². The molecule has 1 heterocycles. The second-order valence-corrected chi connectivity index (χ2v) is 5.10. The zero-order valence-electron chi connectivity index (χ0n) is 9.71. The SMILES string of the molecule is C=C1C(N)=NC2=C(CCCC2)N1CC1CC1. The van der Waals surface area contributed by atoms with Crippen molar-refractivity contribution >= 4 is 5.84 Å². The van der Waals surface area contributed by atoms with Gasteiger partial charge in [-0.2, -0.15) is 0 Å². The van der Waals surface area contributed by atoms with E-state index >= 15 is 0 Å². The fourth-order valence-corrected chi connectivity index (χ4v) is 2.57. The fourth-order valence-electron chi connectivity index (χ4n) is 2.57. The third-order valence-electron chi connectivity index (χ3n) is 3.75. The molecule has 3 aliphatic rings. The molecule has 3 rings (SSSR count). The molecule has 0 unspecified atom stereocenters. The summed E-state index contributed by atoms with van der Waals surface area (Å²) in [4.78, 5) is 6.84. The van der Waals surface area contributed by atoms with Gasteiger partial charge < -0.3 is 10.6 Å². The minimum atomic E-state index is 0.626. The van der Waals surface area contributed by atoms with Crippen LogP contribution in [0.4, 0.5) is 0 Å². The molecule has 0 bridgehead atoms. The van der Waals surface area contributed by atoms with Crippen molar-refractivity contribution in [2.24, 2.45) is 16.6 Å². The van der Waals surface area contributed by atoms with Gasteiger partial charge in [-0.25, -0.2) is 4.99 Å². The third kappa shape index (κ3) is 1.64. The largest absolute Gasteiger partial charge is 0.382 e. The number of nitrogens with zero attached hydrogens (tertiary/aromatic N) is 2. The maximum atomic E-state index is 5.95. The Hall–Kier alpha value is -1.25. The molecule has 0 radical (unpaired) electrons. The fraction of sp³-hybridized carbons (Fsp3) is 0.615. The van der Waals surface area contributed by atoms with E-state index in [1.807, 2.05) is 0 Å². The van der Waals surface area contributed by atoms with Crippen LogP contribution < -0.4 is 5.73 Å². The van der Waals surface area contributed by atoms with Gasteiger partial charge in [-0.05, 0) is 44.4 Å². The van der Waals surface area contributed by atoms with Gasteiger partial charge in [0, 0.05) is 12.2 Å². The highest BCUT2D eigenvalue weighted by Crippen LogP contribution is 2.38. The summed E-state index contributed by atoms with van der Waals surface area (Å²) in [6.45, 7) is 5.19. The first-order chi connectivity index (χ1) is 7.75. The normalized spacial score (nSPS) is 25.6. The molecule has 2 N–H and O–H groups in total. The molecule has 2 aliphatic carbocycles. The zero-order chi connectivity index (χ0) is 11.1. The number of amidine groups is 1. The Morgan fingerprint density at radius 1 is 1.31 bits per heavy atom. The van der Waals surface area contributed by atoms with Crippen molar-refractivity contribution in [2.45, 2.75) is 38.5 Å². The van der Waals surface area contributed by atoms with Crippen LogP contribution in [0.5, 0.6) is 0 Å². The van der Waals surface area contributed by atoms with Gasteiger partial charge in [-0.15, -0.1) is 0 Å². The number of allylic oxidation sites excluding steroid dienone is 2. The van der Waals surface area contributed by atoms with Gasteiger partial charge in [0.2, 0.25) is 0 Å². The Morgan fingerprint density at radius 2 is 2.06 bits per heavy atom. The number of hydrogen-bond donors (Lipinski definition) is 1. The van der Waals surface area contributed by atoms with E-state index < -0.39 is 0 Å². The van der Waals surface area contributed by atoms with E-state index in [9.17, 15) is 0 Å². The maximum absolute atomic E-state index is 5.95. The first-order valence-corrected chi connectivity index (χ1v) is 6.28. The van der Waals surface area contributed by atoms with Gasteiger partial charge >= 0.3 is 0 Å². The molecule has 3 heteroatoms. The van der Waals surface area contributed by atoms with E-state index in [1.54, 1.807) is 0 Å². The molecule has 1 fully saturated rings. The minimum absolute atomic E-state index is 0.626. The standard InChI is InChI=1S/C13H19N3/c1-9-13(14)15-11-4-2-3-5-12(11)16(9)8-10-6-7-10/h10H,1-8H2,(H2,14,15). The smallest absolute Gasteiger partial charge is 0.147 e. The number of rotatable bonds is 2. The summed E-state index contributed by atoms with van der Waals surface area (Å²) in [6.07, 6.45) is 7.50. The maximum Gasteiger partial charge on any atom is 0.147 e. The van der Waals surface area contributed by atoms with Crippen LogP contribution in [0.2, 0.25) is 0 Å². The second kappa shape index (κ2) is 3.65. The molecule has 0 aromatic rings. The molecule has 0 saturated heterocycles. The van der Waals surface area contributed by atoms with Crippen LogP contribution in [0.1, 0.15) is 38.5 Å². The lowest BCUT2D eigenvalue weighted by Crippen LogP contribution is -2.36. The summed E-state index contributed by atoms with van der Waals surface area (Å²) in [5.41, 5.74) is 9.49. The highest BCUT2D eigenvalue weighted by Gasteiger charge is 2.31. The van der Waals surface area contributed by atoms with Crippen LogP contribution >= 0.6 is 0 Å².